The van der Waals surface area contributed by atoms with Crippen molar-refractivity contribution < 1.29 is 51.0 Å². The van der Waals surface area contributed by atoms with Gasteiger partial charge in [0.05, 0.1) is 0 Å². The molecule has 0 aliphatic carbocycles. The van der Waals surface area contributed by atoms with E-state index in [4.69, 9.17) is 0 Å². The molecule has 0 aliphatic rings. The molecular formula is C42H36Cl2Zr-2. The van der Waals surface area contributed by atoms with Crippen molar-refractivity contribution in [2.45, 2.75) is 13.8 Å². The average Bonchev–Trinajstić information content (AvgIpc) is 3.86. The van der Waals surface area contributed by atoms with Crippen LogP contribution in [0.15, 0.2) is 182 Å². The van der Waals surface area contributed by atoms with Crippen LogP contribution in [0, 0.1) is 13.8 Å². The Labute approximate surface area is 299 Å². The van der Waals surface area contributed by atoms with Gasteiger partial charge in [-0.3, -0.25) is 0 Å². The third-order valence-electron chi connectivity index (χ3n) is 7.07. The first kappa shape index (κ1) is 37.5. The molecule has 0 amide bonds. The van der Waals surface area contributed by atoms with Gasteiger partial charge in [-0.15, -0.1) is 69.1 Å². The monoisotopic (exact) mass is 700 g/mol. The maximum Gasteiger partial charge on any atom is 4.00 e. The number of fused-ring (bicyclic) bond motifs is 2. The molecule has 0 aliphatic heterocycles. The number of rotatable bonds is 2. The Morgan fingerprint density at radius 2 is 0.756 bits per heavy atom. The molecule has 3 heteroatoms. The van der Waals surface area contributed by atoms with Crippen LogP contribution in [0.3, 0.4) is 0 Å². The van der Waals surface area contributed by atoms with Crippen LogP contribution < -0.4 is 24.8 Å². The molecule has 0 atom stereocenters. The van der Waals surface area contributed by atoms with Gasteiger partial charge in [-0.2, -0.15) is 48.5 Å². The zero-order valence-corrected chi connectivity index (χ0v) is 29.5. The third-order valence-corrected chi connectivity index (χ3v) is 7.07. The predicted molar refractivity (Wildman–Crippen MR) is 183 cm³/mol. The van der Waals surface area contributed by atoms with Crippen LogP contribution in [0.1, 0.15) is 11.1 Å². The summed E-state index contributed by atoms with van der Waals surface area (Å²) in [6, 6.07) is 63.1. The first-order valence-corrected chi connectivity index (χ1v) is 14.5. The smallest absolute Gasteiger partial charge is 1.00 e. The molecule has 0 heterocycles. The molecule has 0 spiro atoms. The van der Waals surface area contributed by atoms with Crippen molar-refractivity contribution >= 4 is 21.5 Å². The van der Waals surface area contributed by atoms with Gasteiger partial charge < -0.3 is 24.8 Å². The molecule has 0 N–H and O–H groups in total. The van der Waals surface area contributed by atoms with Crippen molar-refractivity contribution in [1.82, 2.24) is 0 Å². The molecule has 0 radical (unpaired) electrons. The Hall–Kier alpha value is -3.74. The molecular weight excluding hydrogens is 667 g/mol. The van der Waals surface area contributed by atoms with Crippen molar-refractivity contribution in [2.75, 3.05) is 0 Å². The average molecular weight is 703 g/mol. The summed E-state index contributed by atoms with van der Waals surface area (Å²) in [7, 11) is 0. The van der Waals surface area contributed by atoms with Gasteiger partial charge in [0, 0.05) is 0 Å². The van der Waals surface area contributed by atoms with Crippen molar-refractivity contribution in [3.63, 3.8) is 0 Å². The van der Waals surface area contributed by atoms with Crippen LogP contribution in [0.4, 0.5) is 0 Å². The summed E-state index contributed by atoms with van der Waals surface area (Å²) < 4.78 is 0. The predicted octanol–water partition coefficient (Wildman–Crippen LogP) is 5.88. The summed E-state index contributed by atoms with van der Waals surface area (Å²) in [5.41, 5.74) is 7.89. The van der Waals surface area contributed by atoms with Gasteiger partial charge in [0.15, 0.2) is 0 Å². The quantitative estimate of drug-likeness (QED) is 0.198. The molecule has 8 aromatic carbocycles. The maximum atomic E-state index is 2.26. The summed E-state index contributed by atoms with van der Waals surface area (Å²) >= 11 is 0. The van der Waals surface area contributed by atoms with E-state index >= 15 is 0 Å². The van der Waals surface area contributed by atoms with Crippen LogP contribution >= 0.6 is 0 Å². The first-order chi connectivity index (χ1) is 20.7. The van der Waals surface area contributed by atoms with E-state index in [1.165, 1.54) is 54.9 Å². The summed E-state index contributed by atoms with van der Waals surface area (Å²) in [5, 5.41) is 5.37. The molecule has 45 heavy (non-hydrogen) atoms. The van der Waals surface area contributed by atoms with E-state index in [9.17, 15) is 0 Å². The van der Waals surface area contributed by atoms with Crippen LogP contribution in [0.5, 0.6) is 0 Å². The molecule has 0 saturated heterocycles. The fraction of sp³-hybridized carbons (Fsp3) is 0.0476. The fourth-order valence-corrected chi connectivity index (χ4v) is 5.15. The minimum absolute atomic E-state index is 0. The molecule has 0 fully saturated rings. The third kappa shape index (κ3) is 10.7. The largest absolute Gasteiger partial charge is 4.00 e. The van der Waals surface area contributed by atoms with E-state index in [-0.39, 0.29) is 51.0 Å². The molecule has 0 bridgehead atoms. The Morgan fingerprint density at radius 3 is 1.07 bits per heavy atom. The van der Waals surface area contributed by atoms with E-state index in [0.717, 1.165) is 0 Å². The van der Waals surface area contributed by atoms with E-state index in [1.807, 2.05) is 60.7 Å². The Kier molecular flexibility index (Phi) is 16.3. The number of halogens is 2. The molecule has 0 saturated carbocycles. The standard InChI is InChI=1S/2C16H13.2C5H5.2ClH.Zr/c2*1-12-10-14-8-5-9-15(16(14)11-12)13-6-3-2-4-7-13;2*1-2-4-5-3-1;;;/h2*2-11H,1H3;2*1-5H;2*1H;/q4*-1;;;+4/p-2. The van der Waals surface area contributed by atoms with Gasteiger partial charge in [0.2, 0.25) is 0 Å². The summed E-state index contributed by atoms with van der Waals surface area (Å²) in [5.74, 6) is 0. The van der Waals surface area contributed by atoms with Crippen molar-refractivity contribution in [2.24, 2.45) is 0 Å². The Morgan fingerprint density at radius 1 is 0.400 bits per heavy atom. The summed E-state index contributed by atoms with van der Waals surface area (Å²) in [4.78, 5) is 0. The first-order valence-electron chi connectivity index (χ1n) is 14.5. The van der Waals surface area contributed by atoms with Gasteiger partial charge in [0.25, 0.3) is 0 Å². The molecule has 224 valence electrons. The zero-order valence-electron chi connectivity index (χ0n) is 25.6. The topological polar surface area (TPSA) is 0 Å². The number of hydrogen-bond acceptors (Lipinski definition) is 0. The second-order valence-electron chi connectivity index (χ2n) is 10.3. The molecule has 8 aromatic rings. The van der Waals surface area contributed by atoms with Gasteiger partial charge in [-0.05, 0) is 11.1 Å². The van der Waals surface area contributed by atoms with Crippen LogP contribution in [0.2, 0.25) is 0 Å². The normalized spacial score (nSPS) is 9.47. The molecule has 0 aromatic heterocycles. The van der Waals surface area contributed by atoms with Gasteiger partial charge in [0.1, 0.15) is 0 Å². The summed E-state index contributed by atoms with van der Waals surface area (Å²) in [6.07, 6.45) is 0. The van der Waals surface area contributed by atoms with E-state index < -0.39 is 0 Å². The van der Waals surface area contributed by atoms with Crippen molar-refractivity contribution in [1.29, 1.82) is 0 Å². The SMILES string of the molecule is Cc1cc2c(-c3ccccc3)cccc2[cH-]1.Cc1cc2c(-c3ccccc3)cccc2[cH-]1.[Cl-].[Cl-].[Zr+4].c1cc[cH-]c1.c1cc[cH-]c1. The Balaban J connectivity index is 0.000000229. The summed E-state index contributed by atoms with van der Waals surface area (Å²) in [6.45, 7) is 4.30. The number of benzene rings is 4. The molecule has 8 rings (SSSR count). The maximum absolute atomic E-state index is 2.26. The van der Waals surface area contributed by atoms with E-state index in [0.29, 0.717) is 0 Å². The number of hydrogen-bond donors (Lipinski definition) is 0. The van der Waals surface area contributed by atoms with Crippen LogP contribution in [-0.2, 0) is 26.2 Å². The van der Waals surface area contributed by atoms with Gasteiger partial charge >= 0.3 is 26.2 Å². The van der Waals surface area contributed by atoms with Gasteiger partial charge in [-0.1, -0.05) is 97.8 Å². The second kappa shape index (κ2) is 19.6. The number of aryl methyl sites for hydroxylation is 2. The Bertz CT molecular complexity index is 1700. The van der Waals surface area contributed by atoms with Crippen molar-refractivity contribution in [3.8, 4) is 22.3 Å². The zero-order chi connectivity index (χ0) is 29.0. The minimum atomic E-state index is 0. The van der Waals surface area contributed by atoms with Crippen LogP contribution in [-0.4, -0.2) is 0 Å². The minimum Gasteiger partial charge on any atom is -1.00 e. The molecule has 0 unspecified atom stereocenters. The van der Waals surface area contributed by atoms with E-state index in [2.05, 4.69) is 135 Å². The van der Waals surface area contributed by atoms with Gasteiger partial charge in [-0.25, -0.2) is 24.3 Å². The molecule has 0 nitrogen and oxygen atoms in total. The second-order valence-corrected chi connectivity index (χ2v) is 10.3. The van der Waals surface area contributed by atoms with Crippen LogP contribution in [0.25, 0.3) is 43.8 Å². The fourth-order valence-electron chi connectivity index (χ4n) is 5.15. The van der Waals surface area contributed by atoms with E-state index in [1.54, 1.807) is 0 Å². The van der Waals surface area contributed by atoms with Crippen molar-refractivity contribution in [3.05, 3.63) is 193 Å².